The fourth-order valence-electron chi connectivity index (χ4n) is 2.17. The highest BCUT2D eigenvalue weighted by atomic mass is 16.5. The van der Waals surface area contributed by atoms with Gasteiger partial charge in [0.25, 0.3) is 0 Å². The fraction of sp³-hybridized carbons (Fsp3) is 0.533. The van der Waals surface area contributed by atoms with Crippen LogP contribution in [0.3, 0.4) is 0 Å². The molecule has 1 aromatic rings. The molecule has 0 amide bonds. The van der Waals surface area contributed by atoms with Gasteiger partial charge in [-0.15, -0.1) is 0 Å². The summed E-state index contributed by atoms with van der Waals surface area (Å²) in [6.07, 6.45) is 1.38. The van der Waals surface area contributed by atoms with Gasteiger partial charge < -0.3 is 14.9 Å². The van der Waals surface area contributed by atoms with Gasteiger partial charge in [0.2, 0.25) is 0 Å². The van der Waals surface area contributed by atoms with Crippen LogP contribution in [0.1, 0.15) is 18.4 Å². The number of nitrogens with zero attached hydrogens (tertiary/aromatic N) is 1. The molecule has 1 aliphatic carbocycles. The Labute approximate surface area is 118 Å². The number of carboxylic acid groups (broad SMARTS) is 1. The van der Waals surface area contributed by atoms with Gasteiger partial charge in [-0.25, -0.2) is 0 Å². The first-order chi connectivity index (χ1) is 9.65. The van der Waals surface area contributed by atoms with Crippen LogP contribution in [0.25, 0.3) is 0 Å². The Morgan fingerprint density at radius 3 is 2.65 bits per heavy atom. The molecule has 0 aromatic heterocycles. The maximum absolute atomic E-state index is 10.8. The summed E-state index contributed by atoms with van der Waals surface area (Å²) in [5.74, 6) is -0.852. The summed E-state index contributed by atoms with van der Waals surface area (Å²) in [6, 6.07) is 10.1. The SMILES string of the molecule is O=C(O)CN(CC(O)COCc1ccccc1)C1CC1. The lowest BCUT2D eigenvalue weighted by Gasteiger charge is -2.23. The molecule has 20 heavy (non-hydrogen) atoms. The third kappa shape index (κ3) is 5.28. The van der Waals surface area contributed by atoms with E-state index in [2.05, 4.69) is 0 Å². The van der Waals surface area contributed by atoms with Crippen molar-refractivity contribution in [2.24, 2.45) is 0 Å². The minimum absolute atomic E-state index is 0.0135. The van der Waals surface area contributed by atoms with Crippen LogP contribution in [0.4, 0.5) is 0 Å². The van der Waals surface area contributed by atoms with Crippen molar-refractivity contribution in [1.82, 2.24) is 4.90 Å². The Balaban J connectivity index is 1.68. The Morgan fingerprint density at radius 2 is 2.05 bits per heavy atom. The van der Waals surface area contributed by atoms with Gasteiger partial charge in [-0.1, -0.05) is 30.3 Å². The van der Waals surface area contributed by atoms with E-state index in [-0.39, 0.29) is 13.2 Å². The van der Waals surface area contributed by atoms with Crippen LogP contribution in [0.5, 0.6) is 0 Å². The normalized spacial score (nSPS) is 16.3. The molecule has 5 nitrogen and oxygen atoms in total. The first kappa shape index (κ1) is 15.0. The quantitative estimate of drug-likeness (QED) is 0.708. The summed E-state index contributed by atoms with van der Waals surface area (Å²) >= 11 is 0. The second-order valence-electron chi connectivity index (χ2n) is 5.21. The third-order valence-corrected chi connectivity index (χ3v) is 3.27. The molecule has 2 N–H and O–H groups in total. The highest BCUT2D eigenvalue weighted by molar-refractivity contribution is 5.69. The average Bonchev–Trinajstić information content (AvgIpc) is 3.23. The zero-order valence-electron chi connectivity index (χ0n) is 11.4. The molecule has 1 saturated carbocycles. The van der Waals surface area contributed by atoms with Crippen molar-refractivity contribution in [3.63, 3.8) is 0 Å². The summed E-state index contributed by atoms with van der Waals surface area (Å²) in [7, 11) is 0. The number of hydrogen-bond donors (Lipinski definition) is 2. The van der Waals surface area contributed by atoms with Crippen LogP contribution in [-0.4, -0.2) is 52.9 Å². The molecule has 0 heterocycles. The molecule has 1 atom stereocenters. The zero-order chi connectivity index (χ0) is 14.4. The predicted molar refractivity (Wildman–Crippen MR) is 74.3 cm³/mol. The fourth-order valence-corrected chi connectivity index (χ4v) is 2.17. The number of rotatable bonds is 9. The first-order valence-corrected chi connectivity index (χ1v) is 6.90. The highest BCUT2D eigenvalue weighted by Gasteiger charge is 2.31. The molecular weight excluding hydrogens is 258 g/mol. The van der Waals surface area contributed by atoms with Gasteiger partial charge in [0, 0.05) is 12.6 Å². The number of ether oxygens (including phenoxy) is 1. The summed E-state index contributed by atoms with van der Waals surface area (Å²) in [4.78, 5) is 12.6. The first-order valence-electron chi connectivity index (χ1n) is 6.90. The number of carbonyl (C=O) groups is 1. The summed E-state index contributed by atoms with van der Waals surface area (Å²) in [5.41, 5.74) is 1.06. The lowest BCUT2D eigenvalue weighted by Crippen LogP contribution is -2.39. The van der Waals surface area contributed by atoms with E-state index in [1.54, 1.807) is 0 Å². The molecule has 0 spiro atoms. The van der Waals surface area contributed by atoms with Gasteiger partial charge in [0.15, 0.2) is 0 Å². The summed E-state index contributed by atoms with van der Waals surface area (Å²) < 4.78 is 5.46. The maximum Gasteiger partial charge on any atom is 0.317 e. The second-order valence-corrected chi connectivity index (χ2v) is 5.21. The van der Waals surface area contributed by atoms with Crippen LogP contribution in [0.2, 0.25) is 0 Å². The molecule has 0 saturated heterocycles. The number of aliphatic carboxylic acids is 1. The van der Waals surface area contributed by atoms with Crippen molar-refractivity contribution >= 4 is 5.97 Å². The molecular formula is C15H21NO4. The van der Waals surface area contributed by atoms with Gasteiger partial charge in [-0.2, -0.15) is 0 Å². The largest absolute Gasteiger partial charge is 0.480 e. The summed E-state index contributed by atoms with van der Waals surface area (Å²) in [6.45, 7) is 1.02. The Kier molecular flexibility index (Phi) is 5.52. The van der Waals surface area contributed by atoms with E-state index in [1.807, 2.05) is 35.2 Å². The lowest BCUT2D eigenvalue weighted by atomic mass is 10.2. The molecule has 2 rings (SSSR count). The second kappa shape index (κ2) is 7.38. The van der Waals surface area contributed by atoms with Crippen molar-refractivity contribution in [1.29, 1.82) is 0 Å². The van der Waals surface area contributed by atoms with Crippen LogP contribution >= 0.6 is 0 Å². The van der Waals surface area contributed by atoms with Crippen molar-refractivity contribution in [3.8, 4) is 0 Å². The molecule has 0 aliphatic heterocycles. The van der Waals surface area contributed by atoms with Gasteiger partial charge in [0.05, 0.1) is 25.9 Å². The predicted octanol–water partition coefficient (Wildman–Crippen LogP) is 1.11. The van der Waals surface area contributed by atoms with Crippen LogP contribution in [0.15, 0.2) is 30.3 Å². The minimum Gasteiger partial charge on any atom is -0.480 e. The van der Waals surface area contributed by atoms with E-state index in [0.29, 0.717) is 19.2 Å². The monoisotopic (exact) mass is 279 g/mol. The Bertz CT molecular complexity index is 419. The van der Waals surface area contributed by atoms with E-state index in [0.717, 1.165) is 18.4 Å². The topological polar surface area (TPSA) is 70.0 Å². The molecule has 5 heteroatoms. The molecule has 1 fully saturated rings. The van der Waals surface area contributed by atoms with E-state index in [4.69, 9.17) is 9.84 Å². The number of hydrogen-bond acceptors (Lipinski definition) is 4. The van der Waals surface area contributed by atoms with Gasteiger partial charge >= 0.3 is 5.97 Å². The molecule has 1 unspecified atom stereocenters. The standard InChI is InChI=1S/C15H21NO4/c17-14(8-16(9-15(18)19)13-6-7-13)11-20-10-12-4-2-1-3-5-12/h1-5,13-14,17H,6-11H2,(H,18,19). The van der Waals surface area contributed by atoms with Crippen molar-refractivity contribution < 1.29 is 19.7 Å². The van der Waals surface area contributed by atoms with Gasteiger partial charge in [0.1, 0.15) is 0 Å². The van der Waals surface area contributed by atoms with Crippen LogP contribution < -0.4 is 0 Å². The van der Waals surface area contributed by atoms with E-state index in [1.165, 1.54) is 0 Å². The maximum atomic E-state index is 10.8. The highest BCUT2D eigenvalue weighted by Crippen LogP contribution is 2.26. The molecule has 1 aliphatic rings. The third-order valence-electron chi connectivity index (χ3n) is 3.27. The minimum atomic E-state index is -0.852. The number of aliphatic hydroxyl groups excluding tert-OH is 1. The molecule has 0 bridgehead atoms. The molecule has 0 radical (unpaired) electrons. The molecule has 1 aromatic carbocycles. The van der Waals surface area contributed by atoms with Gasteiger partial charge in [-0.05, 0) is 18.4 Å². The number of aliphatic hydroxyl groups is 1. The smallest absolute Gasteiger partial charge is 0.317 e. The van der Waals surface area contributed by atoms with E-state index < -0.39 is 12.1 Å². The number of benzene rings is 1. The average molecular weight is 279 g/mol. The molecule has 110 valence electrons. The lowest BCUT2D eigenvalue weighted by molar-refractivity contribution is -0.139. The Morgan fingerprint density at radius 1 is 1.35 bits per heavy atom. The van der Waals surface area contributed by atoms with Crippen molar-refractivity contribution in [3.05, 3.63) is 35.9 Å². The summed E-state index contributed by atoms with van der Waals surface area (Å²) in [5, 5.41) is 18.8. The van der Waals surface area contributed by atoms with Crippen LogP contribution in [-0.2, 0) is 16.1 Å². The van der Waals surface area contributed by atoms with Crippen LogP contribution in [0, 0.1) is 0 Å². The van der Waals surface area contributed by atoms with E-state index in [9.17, 15) is 9.90 Å². The van der Waals surface area contributed by atoms with E-state index >= 15 is 0 Å². The number of carboxylic acids is 1. The van der Waals surface area contributed by atoms with Crippen molar-refractivity contribution in [2.75, 3.05) is 19.7 Å². The van der Waals surface area contributed by atoms with Crippen molar-refractivity contribution in [2.45, 2.75) is 31.6 Å². The Hall–Kier alpha value is -1.43. The van der Waals surface area contributed by atoms with Gasteiger partial charge in [-0.3, -0.25) is 9.69 Å². The zero-order valence-corrected chi connectivity index (χ0v) is 11.4.